The number of alkyl halides is 6. The van der Waals surface area contributed by atoms with Crippen molar-refractivity contribution in [2.75, 3.05) is 25.5 Å². The number of nitrogens with zero attached hydrogens (tertiary/aromatic N) is 3. The van der Waals surface area contributed by atoms with Crippen LogP contribution in [0.25, 0.3) is 11.3 Å². The number of phenols is 1. The first-order chi connectivity index (χ1) is 13.9. The van der Waals surface area contributed by atoms with Crippen molar-refractivity contribution in [2.24, 2.45) is 0 Å². The lowest BCUT2D eigenvalue weighted by atomic mass is 9.99. The minimum absolute atomic E-state index is 0.0700. The van der Waals surface area contributed by atoms with E-state index in [1.54, 1.807) is 0 Å². The molecule has 2 N–H and O–H groups in total. The Morgan fingerprint density at radius 1 is 1.07 bits per heavy atom. The summed E-state index contributed by atoms with van der Waals surface area (Å²) in [7, 11) is 1.86. The molecule has 2 aromatic rings. The molecule has 3 rings (SSSR count). The molecule has 0 bridgehead atoms. The average Bonchev–Trinajstić information content (AvgIpc) is 2.60. The van der Waals surface area contributed by atoms with E-state index in [-0.39, 0.29) is 22.9 Å². The first-order valence-corrected chi connectivity index (χ1v) is 9.17. The van der Waals surface area contributed by atoms with Crippen molar-refractivity contribution in [1.29, 1.82) is 0 Å². The van der Waals surface area contributed by atoms with Gasteiger partial charge in [0, 0.05) is 18.2 Å². The Morgan fingerprint density at radius 2 is 1.77 bits per heavy atom. The molecular formula is C19H20F6N4O. The van der Waals surface area contributed by atoms with Gasteiger partial charge in [0.15, 0.2) is 5.82 Å². The van der Waals surface area contributed by atoms with E-state index in [0.29, 0.717) is 25.1 Å². The third-order valence-electron chi connectivity index (χ3n) is 4.96. The van der Waals surface area contributed by atoms with Crippen LogP contribution in [-0.4, -0.2) is 46.4 Å². The van der Waals surface area contributed by atoms with Crippen molar-refractivity contribution in [3.05, 3.63) is 34.9 Å². The number of nitrogens with one attached hydrogen (secondary N) is 1. The van der Waals surface area contributed by atoms with Gasteiger partial charge in [0.1, 0.15) is 11.3 Å². The van der Waals surface area contributed by atoms with Crippen LogP contribution >= 0.6 is 0 Å². The number of hydrogen-bond acceptors (Lipinski definition) is 5. The van der Waals surface area contributed by atoms with Gasteiger partial charge in [-0.05, 0) is 57.1 Å². The van der Waals surface area contributed by atoms with Crippen LogP contribution in [-0.2, 0) is 12.4 Å². The molecule has 1 aliphatic heterocycles. The molecule has 11 heteroatoms. The second-order valence-electron chi connectivity index (χ2n) is 7.42. The minimum atomic E-state index is -4.77. The SMILES string of the molecule is Cc1cc(C(F)(F)F)cc(O)c1-c1cc(C(F)(F)F)c(N[C@H]2CCCN(C)C2)nn1. The number of halogens is 6. The van der Waals surface area contributed by atoms with Gasteiger partial charge in [0.05, 0.1) is 11.3 Å². The molecule has 5 nitrogen and oxygen atoms in total. The molecule has 0 aliphatic carbocycles. The van der Waals surface area contributed by atoms with E-state index in [0.717, 1.165) is 19.0 Å². The molecule has 0 amide bonds. The smallest absolute Gasteiger partial charge is 0.420 e. The summed E-state index contributed by atoms with van der Waals surface area (Å²) in [6.07, 6.45) is -7.99. The predicted octanol–water partition coefficient (Wildman–Crippen LogP) is 4.70. The van der Waals surface area contributed by atoms with Gasteiger partial charge >= 0.3 is 12.4 Å². The van der Waals surface area contributed by atoms with Crippen molar-refractivity contribution >= 4 is 5.82 Å². The number of likely N-dealkylation sites (tertiary alicyclic amines) is 1. The lowest BCUT2D eigenvalue weighted by Gasteiger charge is -2.31. The predicted molar refractivity (Wildman–Crippen MR) is 98.0 cm³/mol. The lowest BCUT2D eigenvalue weighted by molar-refractivity contribution is -0.138. The lowest BCUT2D eigenvalue weighted by Crippen LogP contribution is -2.40. The van der Waals surface area contributed by atoms with Gasteiger partial charge in [-0.2, -0.15) is 26.3 Å². The fourth-order valence-electron chi connectivity index (χ4n) is 3.58. The average molecular weight is 434 g/mol. The van der Waals surface area contributed by atoms with Crippen LogP contribution in [0.2, 0.25) is 0 Å². The van der Waals surface area contributed by atoms with Crippen molar-refractivity contribution < 1.29 is 31.4 Å². The first-order valence-electron chi connectivity index (χ1n) is 9.17. The maximum Gasteiger partial charge on any atom is 0.420 e. The molecule has 1 atom stereocenters. The van der Waals surface area contributed by atoms with Gasteiger partial charge in [-0.25, -0.2) is 0 Å². The highest BCUT2D eigenvalue weighted by Crippen LogP contribution is 2.41. The Bertz CT molecular complexity index is 905. The van der Waals surface area contributed by atoms with Gasteiger partial charge in [-0.3, -0.25) is 0 Å². The highest BCUT2D eigenvalue weighted by Gasteiger charge is 2.37. The Morgan fingerprint density at radius 3 is 2.33 bits per heavy atom. The van der Waals surface area contributed by atoms with Gasteiger partial charge in [-0.15, -0.1) is 10.2 Å². The van der Waals surface area contributed by atoms with Gasteiger partial charge < -0.3 is 15.3 Å². The zero-order valence-electron chi connectivity index (χ0n) is 16.2. The number of benzene rings is 1. The van der Waals surface area contributed by atoms with Crippen molar-refractivity contribution in [1.82, 2.24) is 15.1 Å². The largest absolute Gasteiger partial charge is 0.507 e. The molecule has 164 valence electrons. The van der Waals surface area contributed by atoms with Crippen LogP contribution in [0.4, 0.5) is 32.2 Å². The fourth-order valence-corrected chi connectivity index (χ4v) is 3.58. The second kappa shape index (κ2) is 7.93. The molecule has 1 saturated heterocycles. The third-order valence-corrected chi connectivity index (χ3v) is 4.96. The van der Waals surface area contributed by atoms with E-state index < -0.39 is 35.0 Å². The summed E-state index contributed by atoms with van der Waals surface area (Å²) < 4.78 is 79.7. The number of likely N-dealkylation sites (N-methyl/N-ethyl adjacent to an activating group) is 1. The summed E-state index contributed by atoms with van der Waals surface area (Å²) in [5, 5.41) is 20.3. The molecule has 0 spiro atoms. The highest BCUT2D eigenvalue weighted by molar-refractivity contribution is 5.72. The summed E-state index contributed by atoms with van der Waals surface area (Å²) >= 11 is 0. The van der Waals surface area contributed by atoms with E-state index in [1.807, 2.05) is 11.9 Å². The highest BCUT2D eigenvalue weighted by atomic mass is 19.4. The van der Waals surface area contributed by atoms with E-state index in [4.69, 9.17) is 0 Å². The fraction of sp³-hybridized carbons (Fsp3) is 0.474. The number of aryl methyl sites for hydroxylation is 1. The zero-order chi connectivity index (χ0) is 22.3. The second-order valence-corrected chi connectivity index (χ2v) is 7.42. The van der Waals surface area contributed by atoms with Crippen molar-refractivity contribution in [3.63, 3.8) is 0 Å². The van der Waals surface area contributed by atoms with E-state index in [2.05, 4.69) is 15.5 Å². The van der Waals surface area contributed by atoms with Crippen LogP contribution in [0.1, 0.15) is 29.5 Å². The number of phenolic OH excluding ortho intramolecular Hbond substituents is 1. The Hall–Kier alpha value is -2.56. The van der Waals surface area contributed by atoms with Gasteiger partial charge in [0.2, 0.25) is 0 Å². The maximum absolute atomic E-state index is 13.7. The molecule has 0 saturated carbocycles. The quantitative estimate of drug-likeness (QED) is 0.686. The summed E-state index contributed by atoms with van der Waals surface area (Å²) in [5.41, 5.74) is -2.87. The topological polar surface area (TPSA) is 61.3 Å². The summed E-state index contributed by atoms with van der Waals surface area (Å²) in [6.45, 7) is 2.64. The number of piperidine rings is 1. The standard InChI is InChI=1S/C19H20F6N4O/c1-10-6-11(18(20,21)22)7-15(30)16(10)14-8-13(19(23,24)25)17(28-27-14)26-12-4-3-5-29(2)9-12/h6-8,12,30H,3-5,9H2,1-2H3,(H,26,28)/t12-/m0/s1. The Kier molecular flexibility index (Phi) is 5.85. The normalized spacial score (nSPS) is 18.5. The van der Waals surface area contributed by atoms with Crippen LogP contribution in [0, 0.1) is 6.92 Å². The maximum atomic E-state index is 13.7. The number of aromatic hydroxyl groups is 1. The monoisotopic (exact) mass is 434 g/mol. The van der Waals surface area contributed by atoms with Crippen LogP contribution in [0.15, 0.2) is 18.2 Å². The molecule has 0 unspecified atom stereocenters. The Balaban J connectivity index is 2.02. The van der Waals surface area contributed by atoms with Gasteiger partial charge in [0.25, 0.3) is 0 Å². The molecule has 1 aliphatic rings. The number of anilines is 1. The molecule has 0 radical (unpaired) electrons. The minimum Gasteiger partial charge on any atom is -0.507 e. The molecule has 30 heavy (non-hydrogen) atoms. The first kappa shape index (κ1) is 22.1. The molecule has 2 heterocycles. The summed E-state index contributed by atoms with van der Waals surface area (Å²) in [5.74, 6) is -1.27. The molecule has 1 aromatic carbocycles. The summed E-state index contributed by atoms with van der Waals surface area (Å²) in [6, 6.07) is 1.65. The molecular weight excluding hydrogens is 414 g/mol. The van der Waals surface area contributed by atoms with Crippen molar-refractivity contribution in [2.45, 2.75) is 38.2 Å². The van der Waals surface area contributed by atoms with Crippen molar-refractivity contribution in [3.8, 4) is 17.0 Å². The number of aromatic nitrogens is 2. The van der Waals surface area contributed by atoms with Gasteiger partial charge in [-0.1, -0.05) is 0 Å². The number of hydrogen-bond donors (Lipinski definition) is 2. The zero-order valence-corrected chi connectivity index (χ0v) is 16.2. The van der Waals surface area contributed by atoms with Crippen LogP contribution < -0.4 is 5.32 Å². The Labute approximate surface area is 168 Å². The third kappa shape index (κ3) is 4.77. The van der Waals surface area contributed by atoms with Crippen LogP contribution in [0.3, 0.4) is 0 Å². The molecule has 1 fully saturated rings. The van der Waals surface area contributed by atoms with E-state index in [1.165, 1.54) is 6.92 Å². The summed E-state index contributed by atoms with van der Waals surface area (Å²) in [4.78, 5) is 1.99. The van der Waals surface area contributed by atoms with E-state index in [9.17, 15) is 31.4 Å². The molecule has 1 aromatic heterocycles. The number of rotatable bonds is 3. The van der Waals surface area contributed by atoms with Crippen LogP contribution in [0.5, 0.6) is 5.75 Å². The van der Waals surface area contributed by atoms with E-state index >= 15 is 0 Å².